The standard InChI is InChI=1S/C24H34O3/c1-23-11-9-17(25)14-16(23)7-8-18-19(23)10-12-24(2)20(6-4-5-13-27-3)22(26)15-21(18)24/h6,14,18-19,21H,4-5,7-13,15H2,1-3H3/b20-6-/t18-,19+,21+,23+,24-/m1/s1. The Balaban J connectivity index is 1.59. The molecule has 0 N–H and O–H groups in total. The first-order valence-corrected chi connectivity index (χ1v) is 10.9. The van der Waals surface area contributed by atoms with Crippen molar-refractivity contribution >= 4 is 11.6 Å². The van der Waals surface area contributed by atoms with Crippen LogP contribution in [-0.2, 0) is 14.3 Å². The fourth-order valence-corrected chi connectivity index (χ4v) is 7.04. The molecule has 3 nitrogen and oxygen atoms in total. The zero-order chi connectivity index (χ0) is 19.2. The zero-order valence-electron chi connectivity index (χ0n) is 17.2. The van der Waals surface area contributed by atoms with Crippen LogP contribution in [0.2, 0.25) is 0 Å². The van der Waals surface area contributed by atoms with Gasteiger partial charge in [-0.2, -0.15) is 0 Å². The summed E-state index contributed by atoms with van der Waals surface area (Å²) in [5, 5.41) is 0. The maximum Gasteiger partial charge on any atom is 0.159 e. The molecule has 5 atom stereocenters. The molecule has 0 radical (unpaired) electrons. The number of hydrogen-bond donors (Lipinski definition) is 0. The van der Waals surface area contributed by atoms with Crippen LogP contribution in [0.4, 0.5) is 0 Å². The lowest BCUT2D eigenvalue weighted by Gasteiger charge is -2.57. The predicted molar refractivity (Wildman–Crippen MR) is 106 cm³/mol. The van der Waals surface area contributed by atoms with E-state index in [9.17, 15) is 9.59 Å². The second-order valence-corrected chi connectivity index (χ2v) is 9.81. The monoisotopic (exact) mass is 370 g/mol. The van der Waals surface area contributed by atoms with E-state index in [1.165, 1.54) is 12.0 Å². The number of ketones is 2. The topological polar surface area (TPSA) is 43.4 Å². The van der Waals surface area contributed by atoms with Gasteiger partial charge >= 0.3 is 0 Å². The van der Waals surface area contributed by atoms with Gasteiger partial charge in [-0.25, -0.2) is 0 Å². The highest BCUT2D eigenvalue weighted by molar-refractivity contribution is 5.99. The van der Waals surface area contributed by atoms with E-state index in [-0.39, 0.29) is 10.8 Å². The highest BCUT2D eigenvalue weighted by Gasteiger charge is 2.59. The molecule has 0 aromatic carbocycles. The lowest BCUT2D eigenvalue weighted by molar-refractivity contribution is -0.117. The van der Waals surface area contributed by atoms with Gasteiger partial charge in [0, 0.05) is 26.6 Å². The van der Waals surface area contributed by atoms with Crippen molar-refractivity contribution in [1.29, 1.82) is 0 Å². The second kappa shape index (κ2) is 6.99. The Kier molecular flexibility index (Phi) is 4.95. The Bertz CT molecular complexity index is 702. The first-order valence-electron chi connectivity index (χ1n) is 10.9. The van der Waals surface area contributed by atoms with Crippen molar-refractivity contribution in [3.63, 3.8) is 0 Å². The van der Waals surface area contributed by atoms with Crippen LogP contribution in [-0.4, -0.2) is 25.3 Å². The molecular weight excluding hydrogens is 336 g/mol. The molecule has 0 unspecified atom stereocenters. The van der Waals surface area contributed by atoms with E-state index >= 15 is 0 Å². The third-order valence-electron chi connectivity index (χ3n) is 8.57. The van der Waals surface area contributed by atoms with E-state index in [1.807, 2.05) is 6.08 Å². The third kappa shape index (κ3) is 2.97. The normalized spacial score (nSPS) is 42.6. The average Bonchev–Trinajstić information content (AvgIpc) is 2.90. The summed E-state index contributed by atoms with van der Waals surface area (Å²) in [6.45, 7) is 5.52. The van der Waals surface area contributed by atoms with Crippen LogP contribution in [0.15, 0.2) is 23.3 Å². The molecule has 4 aliphatic rings. The molecule has 0 bridgehead atoms. The summed E-state index contributed by atoms with van der Waals surface area (Å²) < 4.78 is 5.16. The molecular formula is C24H34O3. The van der Waals surface area contributed by atoms with E-state index < -0.39 is 0 Å². The van der Waals surface area contributed by atoms with Gasteiger partial charge in [0.05, 0.1) is 0 Å². The minimum atomic E-state index is 0.0629. The van der Waals surface area contributed by atoms with Gasteiger partial charge in [-0.05, 0) is 85.2 Å². The van der Waals surface area contributed by atoms with Gasteiger partial charge in [0.25, 0.3) is 0 Å². The number of Topliss-reactive ketones (excluding diaryl/α,β-unsaturated/α-hetero) is 1. The van der Waals surface area contributed by atoms with Gasteiger partial charge in [-0.3, -0.25) is 9.59 Å². The molecule has 0 aliphatic heterocycles. The quantitative estimate of drug-likeness (QED) is 0.514. The van der Waals surface area contributed by atoms with Crippen LogP contribution in [0.25, 0.3) is 0 Å². The number of hydrogen-bond acceptors (Lipinski definition) is 3. The maximum absolute atomic E-state index is 12.9. The van der Waals surface area contributed by atoms with Crippen LogP contribution < -0.4 is 0 Å². The van der Waals surface area contributed by atoms with Gasteiger partial charge in [-0.15, -0.1) is 0 Å². The molecule has 3 heteroatoms. The number of allylic oxidation sites excluding steroid dienone is 3. The molecule has 4 aliphatic carbocycles. The molecule has 0 spiro atoms. The fraction of sp³-hybridized carbons (Fsp3) is 0.750. The van der Waals surface area contributed by atoms with Crippen LogP contribution in [0, 0.1) is 28.6 Å². The molecule has 3 saturated carbocycles. The summed E-state index contributed by atoms with van der Waals surface area (Å²) in [4.78, 5) is 24.9. The Labute approximate surface area is 163 Å². The van der Waals surface area contributed by atoms with E-state index in [0.717, 1.165) is 57.1 Å². The highest BCUT2D eigenvalue weighted by atomic mass is 16.5. The summed E-state index contributed by atoms with van der Waals surface area (Å²) in [5.41, 5.74) is 2.77. The Morgan fingerprint density at radius 1 is 1.11 bits per heavy atom. The summed E-state index contributed by atoms with van der Waals surface area (Å²) in [6, 6.07) is 0. The van der Waals surface area contributed by atoms with Crippen molar-refractivity contribution in [2.75, 3.05) is 13.7 Å². The summed E-state index contributed by atoms with van der Waals surface area (Å²) in [7, 11) is 1.73. The van der Waals surface area contributed by atoms with Crippen molar-refractivity contribution in [1.82, 2.24) is 0 Å². The molecule has 4 rings (SSSR count). The molecule has 27 heavy (non-hydrogen) atoms. The van der Waals surface area contributed by atoms with Gasteiger partial charge < -0.3 is 4.74 Å². The number of carbonyl (C=O) groups is 2. The molecule has 0 aromatic rings. The summed E-state index contributed by atoms with van der Waals surface area (Å²) in [6.07, 6.45) is 13.1. The van der Waals surface area contributed by atoms with Crippen molar-refractivity contribution in [2.45, 2.75) is 71.6 Å². The minimum absolute atomic E-state index is 0.0629. The number of methoxy groups -OCH3 is 1. The summed E-state index contributed by atoms with van der Waals surface area (Å²) in [5.74, 6) is 2.48. The minimum Gasteiger partial charge on any atom is -0.385 e. The fourth-order valence-electron chi connectivity index (χ4n) is 7.04. The predicted octanol–water partition coefficient (Wildman–Crippen LogP) is 5.05. The smallest absolute Gasteiger partial charge is 0.159 e. The Morgan fingerprint density at radius 2 is 1.93 bits per heavy atom. The molecule has 0 saturated heterocycles. The lowest BCUT2D eigenvalue weighted by atomic mass is 9.47. The number of unbranched alkanes of at least 4 members (excludes halogenated alkanes) is 1. The molecule has 3 fully saturated rings. The average molecular weight is 371 g/mol. The Morgan fingerprint density at radius 3 is 2.70 bits per heavy atom. The largest absolute Gasteiger partial charge is 0.385 e. The number of carbonyl (C=O) groups excluding carboxylic acids is 2. The van der Waals surface area contributed by atoms with Crippen molar-refractivity contribution in [3.8, 4) is 0 Å². The van der Waals surface area contributed by atoms with Gasteiger partial charge in [0.2, 0.25) is 0 Å². The van der Waals surface area contributed by atoms with Crippen molar-refractivity contribution in [3.05, 3.63) is 23.3 Å². The second-order valence-electron chi connectivity index (χ2n) is 9.81. The lowest BCUT2D eigenvalue weighted by Crippen LogP contribution is -2.49. The first kappa shape index (κ1) is 19.1. The third-order valence-corrected chi connectivity index (χ3v) is 8.57. The van der Waals surface area contributed by atoms with Crippen LogP contribution >= 0.6 is 0 Å². The van der Waals surface area contributed by atoms with Crippen molar-refractivity contribution < 1.29 is 14.3 Å². The van der Waals surface area contributed by atoms with Crippen LogP contribution in [0.5, 0.6) is 0 Å². The van der Waals surface area contributed by atoms with Crippen LogP contribution in [0.1, 0.15) is 71.6 Å². The SMILES string of the molecule is COCCC/C=C1/C(=O)C[C@H]2[C@@H]3CCC4=CC(=O)CC[C@]4(C)[C@H]3CC[C@]12C. The Hall–Kier alpha value is -1.22. The van der Waals surface area contributed by atoms with E-state index in [1.54, 1.807) is 7.11 Å². The van der Waals surface area contributed by atoms with Crippen molar-refractivity contribution in [2.24, 2.45) is 28.6 Å². The maximum atomic E-state index is 12.9. The first-order chi connectivity index (χ1) is 12.9. The molecule has 0 heterocycles. The summed E-state index contributed by atoms with van der Waals surface area (Å²) >= 11 is 0. The van der Waals surface area contributed by atoms with E-state index in [4.69, 9.17) is 4.74 Å². The highest BCUT2D eigenvalue weighted by Crippen LogP contribution is 2.65. The van der Waals surface area contributed by atoms with Gasteiger partial charge in [0.15, 0.2) is 11.6 Å². The number of rotatable bonds is 4. The number of fused-ring (bicyclic) bond motifs is 5. The number of ether oxygens (including phenoxy) is 1. The molecule has 0 aromatic heterocycles. The molecule has 148 valence electrons. The van der Waals surface area contributed by atoms with Crippen LogP contribution in [0.3, 0.4) is 0 Å². The zero-order valence-corrected chi connectivity index (χ0v) is 17.2. The van der Waals surface area contributed by atoms with Gasteiger partial charge in [0.1, 0.15) is 0 Å². The van der Waals surface area contributed by atoms with E-state index in [0.29, 0.717) is 35.7 Å². The van der Waals surface area contributed by atoms with E-state index in [2.05, 4.69) is 19.9 Å². The van der Waals surface area contributed by atoms with Gasteiger partial charge in [-0.1, -0.05) is 25.5 Å². The molecule has 0 amide bonds.